The maximum Gasteiger partial charge on any atom is 0.276 e. The molecule has 130 valence electrons. The Morgan fingerprint density at radius 1 is 1.20 bits per heavy atom. The number of rotatable bonds is 5. The zero-order valence-electron chi connectivity index (χ0n) is 13.4. The van der Waals surface area contributed by atoms with Gasteiger partial charge in [-0.3, -0.25) is 20.4 Å². The summed E-state index contributed by atoms with van der Waals surface area (Å²) in [7, 11) is 0. The molecule has 0 aliphatic rings. The van der Waals surface area contributed by atoms with Gasteiger partial charge in [0.25, 0.3) is 11.8 Å². The number of amides is 2. The van der Waals surface area contributed by atoms with E-state index < -0.39 is 24.2 Å². The maximum absolute atomic E-state index is 13.3. The van der Waals surface area contributed by atoms with Gasteiger partial charge < -0.3 is 4.74 Å². The summed E-state index contributed by atoms with van der Waals surface area (Å²) in [5.41, 5.74) is 6.05. The number of aryl methyl sites for hydroxylation is 1. The Hall–Kier alpha value is -2.86. The van der Waals surface area contributed by atoms with Gasteiger partial charge in [0.15, 0.2) is 18.2 Å². The number of hydrogen-bond donors (Lipinski definition) is 2. The molecule has 2 amide bonds. The fraction of sp³-hybridized carbons (Fsp3) is 0.111. The molecule has 2 aromatic rings. The Kier molecular flexibility index (Phi) is 6.54. The number of ether oxygens (including phenoxy) is 1. The van der Waals surface area contributed by atoms with Gasteiger partial charge in [0.05, 0.1) is 0 Å². The summed E-state index contributed by atoms with van der Waals surface area (Å²) in [6.45, 7) is 1.44. The lowest BCUT2D eigenvalue weighted by atomic mass is 10.1. The minimum absolute atomic E-state index is 0.0416. The monoisotopic (exact) mass is 362 g/mol. The van der Waals surface area contributed by atoms with Crippen molar-refractivity contribution in [3.8, 4) is 5.75 Å². The van der Waals surface area contributed by atoms with Crippen molar-refractivity contribution in [2.24, 2.45) is 0 Å². The van der Waals surface area contributed by atoms with Crippen molar-refractivity contribution in [3.05, 3.63) is 70.5 Å². The molecule has 0 fully saturated rings. The van der Waals surface area contributed by atoms with Gasteiger partial charge >= 0.3 is 0 Å². The first-order valence-electron chi connectivity index (χ1n) is 7.36. The number of hydrazine groups is 1. The average Bonchev–Trinajstić information content (AvgIpc) is 2.60. The third-order valence-electron chi connectivity index (χ3n) is 3.14. The van der Waals surface area contributed by atoms with Crippen LogP contribution >= 0.6 is 11.6 Å². The van der Waals surface area contributed by atoms with Crippen LogP contribution in [0.25, 0.3) is 6.08 Å². The number of benzene rings is 2. The summed E-state index contributed by atoms with van der Waals surface area (Å²) in [6, 6.07) is 11.1. The third-order valence-corrected chi connectivity index (χ3v) is 3.55. The summed E-state index contributed by atoms with van der Waals surface area (Å²) < 4.78 is 18.3. The summed E-state index contributed by atoms with van der Waals surface area (Å²) in [5, 5.41) is 0.598. The number of halogens is 2. The summed E-state index contributed by atoms with van der Waals surface area (Å²) >= 11 is 6.00. The van der Waals surface area contributed by atoms with Gasteiger partial charge in [-0.2, -0.15) is 0 Å². The number of para-hydroxylation sites is 1. The molecule has 0 spiro atoms. The van der Waals surface area contributed by atoms with Gasteiger partial charge in [-0.05, 0) is 42.3 Å². The molecular weight excluding hydrogens is 347 g/mol. The van der Waals surface area contributed by atoms with E-state index in [9.17, 15) is 14.0 Å². The molecule has 5 nitrogen and oxygen atoms in total. The highest BCUT2D eigenvalue weighted by atomic mass is 35.5. The van der Waals surface area contributed by atoms with E-state index >= 15 is 0 Å². The lowest BCUT2D eigenvalue weighted by Crippen LogP contribution is -2.43. The summed E-state index contributed by atoms with van der Waals surface area (Å²) in [5.74, 6) is -1.77. The van der Waals surface area contributed by atoms with Crippen molar-refractivity contribution in [1.29, 1.82) is 0 Å². The molecule has 0 atom stereocenters. The highest BCUT2D eigenvalue weighted by molar-refractivity contribution is 6.31. The van der Waals surface area contributed by atoms with Crippen LogP contribution in [-0.4, -0.2) is 18.4 Å². The molecule has 2 rings (SSSR count). The van der Waals surface area contributed by atoms with Gasteiger partial charge in [-0.15, -0.1) is 0 Å². The molecule has 25 heavy (non-hydrogen) atoms. The zero-order valence-corrected chi connectivity index (χ0v) is 14.1. The van der Waals surface area contributed by atoms with Gasteiger partial charge in [0.2, 0.25) is 0 Å². The highest BCUT2D eigenvalue weighted by Gasteiger charge is 2.06. The van der Waals surface area contributed by atoms with Crippen LogP contribution < -0.4 is 15.6 Å². The Labute approximate surface area is 149 Å². The van der Waals surface area contributed by atoms with Crippen molar-refractivity contribution in [2.75, 3.05) is 6.61 Å². The van der Waals surface area contributed by atoms with Crippen LogP contribution in [0.15, 0.2) is 48.5 Å². The molecule has 0 aromatic heterocycles. The zero-order chi connectivity index (χ0) is 18.2. The molecule has 7 heteroatoms. The molecule has 2 N–H and O–H groups in total. The Bertz CT molecular complexity index is 809. The van der Waals surface area contributed by atoms with Crippen molar-refractivity contribution in [3.63, 3.8) is 0 Å². The Balaban J connectivity index is 1.77. The van der Waals surface area contributed by atoms with Crippen molar-refractivity contribution in [2.45, 2.75) is 6.92 Å². The highest BCUT2D eigenvalue weighted by Crippen LogP contribution is 2.17. The Morgan fingerprint density at radius 2 is 1.96 bits per heavy atom. The first-order valence-corrected chi connectivity index (χ1v) is 7.74. The van der Waals surface area contributed by atoms with Gasteiger partial charge in [-0.1, -0.05) is 35.9 Å². The predicted octanol–water partition coefficient (Wildman–Crippen LogP) is 3.03. The van der Waals surface area contributed by atoms with E-state index in [-0.39, 0.29) is 5.75 Å². The number of carbonyl (C=O) groups is 2. The lowest BCUT2D eigenvalue weighted by molar-refractivity contribution is -0.128. The van der Waals surface area contributed by atoms with Crippen LogP contribution in [0.1, 0.15) is 11.1 Å². The fourth-order valence-electron chi connectivity index (χ4n) is 1.80. The molecule has 0 saturated heterocycles. The van der Waals surface area contributed by atoms with Gasteiger partial charge in [-0.25, -0.2) is 4.39 Å². The van der Waals surface area contributed by atoms with Crippen LogP contribution in [0.4, 0.5) is 4.39 Å². The Morgan fingerprint density at radius 3 is 2.68 bits per heavy atom. The first-order chi connectivity index (χ1) is 12.0. The van der Waals surface area contributed by atoms with Gasteiger partial charge in [0.1, 0.15) is 0 Å². The van der Waals surface area contributed by atoms with Crippen molar-refractivity contribution in [1.82, 2.24) is 10.9 Å². The van der Waals surface area contributed by atoms with E-state index in [0.717, 1.165) is 11.1 Å². The minimum Gasteiger partial charge on any atom is -0.481 e. The largest absolute Gasteiger partial charge is 0.481 e. The summed E-state index contributed by atoms with van der Waals surface area (Å²) in [4.78, 5) is 23.2. The lowest BCUT2D eigenvalue weighted by Gasteiger charge is -2.08. The third kappa shape index (κ3) is 5.93. The molecule has 0 aliphatic heterocycles. The van der Waals surface area contributed by atoms with E-state index in [2.05, 4.69) is 10.9 Å². The predicted molar refractivity (Wildman–Crippen MR) is 93.4 cm³/mol. The molecule has 2 aromatic carbocycles. The quantitative estimate of drug-likeness (QED) is 0.634. The SMILES string of the molecule is Cc1ccc(/C=C/C(=O)NNC(=O)COc2ccccc2F)cc1Cl. The molecule has 0 unspecified atom stereocenters. The van der Waals surface area contributed by atoms with Crippen LogP contribution in [0.2, 0.25) is 5.02 Å². The number of nitrogens with one attached hydrogen (secondary N) is 2. The molecular formula is C18H16ClFN2O3. The first kappa shape index (κ1) is 18.5. The van der Waals surface area contributed by atoms with Crippen molar-refractivity contribution < 1.29 is 18.7 Å². The van der Waals surface area contributed by atoms with Crippen LogP contribution in [0, 0.1) is 12.7 Å². The second-order valence-corrected chi connectivity index (χ2v) is 5.51. The topological polar surface area (TPSA) is 67.4 Å². The number of carbonyl (C=O) groups excluding carboxylic acids is 2. The van der Waals surface area contributed by atoms with Crippen LogP contribution in [0.5, 0.6) is 5.75 Å². The van der Waals surface area contributed by atoms with Gasteiger partial charge in [0, 0.05) is 11.1 Å². The molecule has 0 saturated carbocycles. The normalized spacial score (nSPS) is 10.5. The maximum atomic E-state index is 13.3. The second-order valence-electron chi connectivity index (χ2n) is 5.10. The minimum atomic E-state index is -0.622. The second kappa shape index (κ2) is 8.84. The summed E-state index contributed by atoms with van der Waals surface area (Å²) in [6.07, 6.45) is 2.81. The average molecular weight is 363 g/mol. The molecule has 0 radical (unpaired) electrons. The smallest absolute Gasteiger partial charge is 0.276 e. The van der Waals surface area contributed by atoms with E-state index in [0.29, 0.717) is 5.02 Å². The van der Waals surface area contributed by atoms with Crippen LogP contribution in [-0.2, 0) is 9.59 Å². The van der Waals surface area contributed by atoms with Crippen LogP contribution in [0.3, 0.4) is 0 Å². The van der Waals surface area contributed by atoms with Crippen molar-refractivity contribution >= 4 is 29.5 Å². The molecule has 0 heterocycles. The standard InChI is InChI=1S/C18H16ClFN2O3/c1-12-6-7-13(10-14(12)19)8-9-17(23)21-22-18(24)11-25-16-5-3-2-4-15(16)20/h2-10H,11H2,1H3,(H,21,23)(H,22,24)/b9-8+. The van der Waals surface area contributed by atoms with E-state index in [4.69, 9.17) is 16.3 Å². The number of hydrogen-bond acceptors (Lipinski definition) is 3. The fourth-order valence-corrected chi connectivity index (χ4v) is 1.99. The van der Waals surface area contributed by atoms with E-state index in [1.54, 1.807) is 18.2 Å². The van der Waals surface area contributed by atoms with E-state index in [1.807, 2.05) is 19.1 Å². The molecule has 0 bridgehead atoms. The van der Waals surface area contributed by atoms with E-state index in [1.165, 1.54) is 24.3 Å². The molecule has 0 aliphatic carbocycles.